The molecule has 0 aliphatic rings. The Morgan fingerprint density at radius 1 is 1.58 bits per heavy atom. The van der Waals surface area contributed by atoms with Crippen LogP contribution in [0.3, 0.4) is 0 Å². The van der Waals surface area contributed by atoms with Crippen molar-refractivity contribution < 1.29 is 14.3 Å². The second-order valence-corrected chi connectivity index (χ2v) is 4.93. The SMILES string of the molecule is CC(CC(=O)O)n1nnnc1-c1cc(Br)ccc1F. The Bertz CT molecular complexity index is 616. The van der Waals surface area contributed by atoms with E-state index in [-0.39, 0.29) is 17.8 Å². The molecule has 0 saturated heterocycles. The van der Waals surface area contributed by atoms with Crippen LogP contribution in [0.1, 0.15) is 19.4 Å². The molecule has 100 valence electrons. The molecule has 6 nitrogen and oxygen atoms in total. The van der Waals surface area contributed by atoms with Gasteiger partial charge in [0.05, 0.1) is 18.0 Å². The van der Waals surface area contributed by atoms with Crippen molar-refractivity contribution in [2.75, 3.05) is 0 Å². The number of hydrogen-bond acceptors (Lipinski definition) is 4. The van der Waals surface area contributed by atoms with Crippen molar-refractivity contribution in [3.8, 4) is 11.4 Å². The van der Waals surface area contributed by atoms with Crippen LogP contribution in [0, 0.1) is 5.82 Å². The van der Waals surface area contributed by atoms with E-state index in [1.54, 1.807) is 19.1 Å². The first-order chi connectivity index (χ1) is 8.99. The Kier molecular flexibility index (Phi) is 3.89. The molecule has 2 aromatic rings. The van der Waals surface area contributed by atoms with Gasteiger partial charge in [0.15, 0.2) is 5.82 Å². The zero-order chi connectivity index (χ0) is 14.0. The third kappa shape index (κ3) is 2.95. The lowest BCUT2D eigenvalue weighted by molar-refractivity contribution is -0.137. The molecule has 0 aliphatic carbocycles. The highest BCUT2D eigenvalue weighted by molar-refractivity contribution is 9.10. The summed E-state index contributed by atoms with van der Waals surface area (Å²) in [5.41, 5.74) is 0.219. The molecule has 1 aromatic heterocycles. The summed E-state index contributed by atoms with van der Waals surface area (Å²) >= 11 is 3.25. The summed E-state index contributed by atoms with van der Waals surface area (Å²) in [6, 6.07) is 3.93. The number of tetrazole rings is 1. The second kappa shape index (κ2) is 5.43. The van der Waals surface area contributed by atoms with Crippen molar-refractivity contribution >= 4 is 21.9 Å². The number of carboxylic acids is 1. The minimum Gasteiger partial charge on any atom is -0.481 e. The Morgan fingerprint density at radius 3 is 3.00 bits per heavy atom. The van der Waals surface area contributed by atoms with Gasteiger partial charge < -0.3 is 5.11 Å². The summed E-state index contributed by atoms with van der Waals surface area (Å²) in [5.74, 6) is -1.24. The quantitative estimate of drug-likeness (QED) is 0.931. The Hall–Kier alpha value is -1.83. The lowest BCUT2D eigenvalue weighted by Crippen LogP contribution is -2.13. The Labute approximate surface area is 116 Å². The van der Waals surface area contributed by atoms with Crippen molar-refractivity contribution in [1.29, 1.82) is 0 Å². The number of nitrogens with zero attached hydrogens (tertiary/aromatic N) is 4. The lowest BCUT2D eigenvalue weighted by atomic mass is 10.2. The zero-order valence-corrected chi connectivity index (χ0v) is 11.5. The van der Waals surface area contributed by atoms with Crippen LogP contribution in [-0.4, -0.2) is 31.3 Å². The van der Waals surface area contributed by atoms with Crippen LogP contribution in [0.25, 0.3) is 11.4 Å². The topological polar surface area (TPSA) is 80.9 Å². The molecule has 0 saturated carbocycles. The molecular weight excluding hydrogens is 319 g/mol. The average molecular weight is 329 g/mol. The largest absolute Gasteiger partial charge is 0.481 e. The van der Waals surface area contributed by atoms with Gasteiger partial charge in [0.1, 0.15) is 5.82 Å². The number of carboxylic acid groups (broad SMARTS) is 1. The van der Waals surface area contributed by atoms with Crippen molar-refractivity contribution in [1.82, 2.24) is 20.2 Å². The molecule has 8 heteroatoms. The van der Waals surface area contributed by atoms with E-state index in [9.17, 15) is 9.18 Å². The third-order valence-corrected chi connectivity index (χ3v) is 3.04. The number of aliphatic carboxylic acids is 1. The predicted molar refractivity (Wildman–Crippen MR) is 67.9 cm³/mol. The molecule has 2 rings (SSSR count). The predicted octanol–water partition coefficient (Wildman–Crippen LogP) is 2.28. The molecule has 1 N–H and O–H groups in total. The van der Waals surface area contributed by atoms with E-state index in [0.29, 0.717) is 4.47 Å². The van der Waals surface area contributed by atoms with E-state index in [4.69, 9.17) is 5.11 Å². The number of aromatic nitrogens is 4. The fourth-order valence-electron chi connectivity index (χ4n) is 1.68. The van der Waals surface area contributed by atoms with Gasteiger partial charge in [-0.05, 0) is 35.5 Å². The molecule has 1 atom stereocenters. The second-order valence-electron chi connectivity index (χ2n) is 4.02. The van der Waals surface area contributed by atoms with Crippen LogP contribution in [0.4, 0.5) is 4.39 Å². The monoisotopic (exact) mass is 328 g/mol. The van der Waals surface area contributed by atoms with Crippen LogP contribution in [-0.2, 0) is 4.79 Å². The number of carbonyl (C=O) groups is 1. The highest BCUT2D eigenvalue weighted by Crippen LogP contribution is 2.26. The van der Waals surface area contributed by atoms with Gasteiger partial charge in [-0.25, -0.2) is 9.07 Å². The summed E-state index contributed by atoms with van der Waals surface area (Å²) in [5, 5.41) is 19.8. The molecule has 0 bridgehead atoms. The van der Waals surface area contributed by atoms with Gasteiger partial charge in [-0.15, -0.1) is 5.10 Å². The minimum atomic E-state index is -0.969. The van der Waals surface area contributed by atoms with Crippen LogP contribution in [0.2, 0.25) is 0 Å². The maximum Gasteiger partial charge on any atom is 0.305 e. The maximum atomic E-state index is 13.8. The number of halogens is 2. The average Bonchev–Trinajstić information content (AvgIpc) is 2.80. The molecule has 1 heterocycles. The summed E-state index contributed by atoms with van der Waals surface area (Å²) < 4.78 is 15.8. The molecule has 0 aliphatic heterocycles. The Morgan fingerprint density at radius 2 is 2.32 bits per heavy atom. The van der Waals surface area contributed by atoms with Crippen molar-refractivity contribution in [2.24, 2.45) is 0 Å². The molecule has 0 radical (unpaired) electrons. The third-order valence-electron chi connectivity index (χ3n) is 2.55. The van der Waals surface area contributed by atoms with Gasteiger partial charge in [0, 0.05) is 4.47 Å². The standard InChI is InChI=1S/C11H10BrFN4O2/c1-6(4-10(18)19)17-11(14-15-16-17)8-5-7(12)2-3-9(8)13/h2-3,5-6H,4H2,1H3,(H,18,19). The summed E-state index contributed by atoms with van der Waals surface area (Å²) in [4.78, 5) is 10.7. The van der Waals surface area contributed by atoms with E-state index in [2.05, 4.69) is 31.5 Å². The summed E-state index contributed by atoms with van der Waals surface area (Å²) in [6.07, 6.45) is -0.145. The van der Waals surface area contributed by atoms with Crippen molar-refractivity contribution in [2.45, 2.75) is 19.4 Å². The van der Waals surface area contributed by atoms with E-state index >= 15 is 0 Å². The number of benzene rings is 1. The van der Waals surface area contributed by atoms with Gasteiger partial charge >= 0.3 is 5.97 Å². The highest BCUT2D eigenvalue weighted by Gasteiger charge is 2.19. The first kappa shape index (κ1) is 13.6. The normalized spacial score (nSPS) is 12.4. The maximum absolute atomic E-state index is 13.8. The van der Waals surface area contributed by atoms with Gasteiger partial charge in [-0.3, -0.25) is 4.79 Å². The minimum absolute atomic E-state index is 0.145. The fraction of sp³-hybridized carbons (Fsp3) is 0.273. The van der Waals surface area contributed by atoms with Gasteiger partial charge in [-0.2, -0.15) is 0 Å². The first-order valence-electron chi connectivity index (χ1n) is 5.44. The zero-order valence-electron chi connectivity index (χ0n) is 9.92. The van der Waals surface area contributed by atoms with Crippen molar-refractivity contribution in [3.63, 3.8) is 0 Å². The number of hydrogen-bond donors (Lipinski definition) is 1. The first-order valence-corrected chi connectivity index (χ1v) is 6.23. The molecule has 0 spiro atoms. The van der Waals surface area contributed by atoms with E-state index in [1.807, 2.05) is 0 Å². The molecular formula is C11H10BrFN4O2. The number of rotatable bonds is 4. The molecule has 1 aromatic carbocycles. The molecule has 0 fully saturated rings. The van der Waals surface area contributed by atoms with Crippen LogP contribution in [0.5, 0.6) is 0 Å². The molecule has 19 heavy (non-hydrogen) atoms. The van der Waals surface area contributed by atoms with E-state index in [0.717, 1.165) is 0 Å². The summed E-state index contributed by atoms with van der Waals surface area (Å²) in [6.45, 7) is 1.66. The van der Waals surface area contributed by atoms with E-state index < -0.39 is 17.8 Å². The summed E-state index contributed by atoms with van der Waals surface area (Å²) in [7, 11) is 0. The smallest absolute Gasteiger partial charge is 0.305 e. The van der Waals surface area contributed by atoms with Gasteiger partial charge in [0.25, 0.3) is 0 Å². The molecule has 1 unspecified atom stereocenters. The van der Waals surface area contributed by atoms with Crippen LogP contribution in [0.15, 0.2) is 22.7 Å². The highest BCUT2D eigenvalue weighted by atomic mass is 79.9. The van der Waals surface area contributed by atoms with Crippen LogP contribution >= 0.6 is 15.9 Å². The fourth-order valence-corrected chi connectivity index (χ4v) is 2.04. The lowest BCUT2D eigenvalue weighted by Gasteiger charge is -2.11. The van der Waals surface area contributed by atoms with Crippen molar-refractivity contribution in [3.05, 3.63) is 28.5 Å². The Balaban J connectivity index is 2.44. The molecule has 0 amide bonds. The van der Waals surface area contributed by atoms with Crippen LogP contribution < -0.4 is 0 Å². The van der Waals surface area contributed by atoms with Gasteiger partial charge in [-0.1, -0.05) is 15.9 Å². The van der Waals surface area contributed by atoms with E-state index in [1.165, 1.54) is 10.7 Å². The van der Waals surface area contributed by atoms with Gasteiger partial charge in [0.2, 0.25) is 0 Å².